The number of pyridine rings is 1. The molecule has 6 heteroatoms. The molecular formula is C15H13Br2N3O. The molecule has 0 fully saturated rings. The van der Waals surface area contributed by atoms with E-state index in [1.165, 1.54) is 0 Å². The summed E-state index contributed by atoms with van der Waals surface area (Å²) in [5, 5.41) is 1.05. The Labute approximate surface area is 139 Å². The maximum Gasteiger partial charge on any atom is 0.148 e. The molecule has 2 aromatic heterocycles. The van der Waals surface area contributed by atoms with Gasteiger partial charge in [-0.15, -0.1) is 0 Å². The molecule has 0 aliphatic rings. The Morgan fingerprint density at radius 1 is 1.24 bits per heavy atom. The first kappa shape index (κ1) is 14.7. The van der Waals surface area contributed by atoms with Gasteiger partial charge >= 0.3 is 0 Å². The molecule has 0 saturated carbocycles. The summed E-state index contributed by atoms with van der Waals surface area (Å²) in [6.45, 7) is 0. The Kier molecular flexibility index (Phi) is 4.40. The van der Waals surface area contributed by atoms with E-state index in [2.05, 4.69) is 42.3 Å². The third kappa shape index (κ3) is 3.18. The van der Waals surface area contributed by atoms with E-state index in [1.54, 1.807) is 6.20 Å². The molecule has 0 spiro atoms. The predicted octanol–water partition coefficient (Wildman–Crippen LogP) is 4.10. The highest BCUT2D eigenvalue weighted by molar-refractivity contribution is 9.11. The van der Waals surface area contributed by atoms with E-state index in [-0.39, 0.29) is 6.04 Å². The van der Waals surface area contributed by atoms with Crippen LogP contribution in [0.5, 0.6) is 0 Å². The lowest BCUT2D eigenvalue weighted by molar-refractivity contribution is 0.434. The zero-order valence-electron chi connectivity index (χ0n) is 11.0. The van der Waals surface area contributed by atoms with E-state index < -0.39 is 0 Å². The summed E-state index contributed by atoms with van der Waals surface area (Å²) in [5.74, 6) is 6.50. The Morgan fingerprint density at radius 2 is 2.10 bits per heavy atom. The van der Waals surface area contributed by atoms with Crippen molar-refractivity contribution in [1.29, 1.82) is 0 Å². The van der Waals surface area contributed by atoms with Gasteiger partial charge in [0.25, 0.3) is 0 Å². The average molecular weight is 411 g/mol. The second-order valence-corrected chi connectivity index (χ2v) is 6.51. The molecule has 4 nitrogen and oxygen atoms in total. The van der Waals surface area contributed by atoms with Crippen LogP contribution in [0.1, 0.15) is 17.4 Å². The van der Waals surface area contributed by atoms with E-state index in [1.807, 2.05) is 36.5 Å². The van der Waals surface area contributed by atoms with Crippen molar-refractivity contribution in [2.45, 2.75) is 12.5 Å². The van der Waals surface area contributed by atoms with Crippen LogP contribution in [0.2, 0.25) is 0 Å². The van der Waals surface area contributed by atoms with Gasteiger partial charge in [-0.1, -0.05) is 12.1 Å². The molecule has 0 amide bonds. The molecule has 0 bridgehead atoms. The van der Waals surface area contributed by atoms with Crippen molar-refractivity contribution in [2.75, 3.05) is 0 Å². The standard InChI is InChI=1S/C15H13Br2N3O/c16-11-4-9(7-19-8-11)5-13(20-18)14-6-10-2-1-3-12(17)15(10)21-14/h1-4,6-8,13,20H,5,18H2. The number of nitrogens with zero attached hydrogens (tertiary/aromatic N) is 1. The maximum atomic E-state index is 5.93. The summed E-state index contributed by atoms with van der Waals surface area (Å²) in [5.41, 5.74) is 4.72. The van der Waals surface area contributed by atoms with Gasteiger partial charge in [0.15, 0.2) is 0 Å². The molecule has 1 aromatic carbocycles. The van der Waals surface area contributed by atoms with E-state index in [4.69, 9.17) is 10.3 Å². The molecule has 2 heterocycles. The van der Waals surface area contributed by atoms with Crippen LogP contribution in [0.15, 0.2) is 56.1 Å². The number of rotatable bonds is 4. The van der Waals surface area contributed by atoms with Crippen LogP contribution in [-0.4, -0.2) is 4.98 Å². The molecule has 21 heavy (non-hydrogen) atoms. The highest BCUT2D eigenvalue weighted by Crippen LogP contribution is 2.30. The number of benzene rings is 1. The van der Waals surface area contributed by atoms with Gasteiger partial charge in [-0.2, -0.15) is 0 Å². The van der Waals surface area contributed by atoms with Crippen LogP contribution in [0.4, 0.5) is 0 Å². The van der Waals surface area contributed by atoms with Crippen LogP contribution in [-0.2, 0) is 6.42 Å². The molecule has 0 aliphatic heterocycles. The van der Waals surface area contributed by atoms with E-state index in [0.29, 0.717) is 6.42 Å². The quantitative estimate of drug-likeness (QED) is 0.502. The second-order valence-electron chi connectivity index (χ2n) is 4.74. The number of nitrogens with two attached hydrogens (primary N) is 1. The third-order valence-corrected chi connectivity index (χ3v) is 4.32. The Balaban J connectivity index is 1.93. The minimum atomic E-state index is -0.111. The summed E-state index contributed by atoms with van der Waals surface area (Å²) in [6.07, 6.45) is 4.28. The lowest BCUT2D eigenvalue weighted by Crippen LogP contribution is -2.29. The maximum absolute atomic E-state index is 5.93. The van der Waals surface area contributed by atoms with Crippen molar-refractivity contribution in [3.05, 3.63) is 63.0 Å². The monoisotopic (exact) mass is 409 g/mol. The van der Waals surface area contributed by atoms with Gasteiger partial charge in [-0.3, -0.25) is 10.8 Å². The third-order valence-electron chi connectivity index (χ3n) is 3.26. The normalized spacial score (nSPS) is 12.7. The van der Waals surface area contributed by atoms with Gasteiger partial charge in [0.05, 0.1) is 10.5 Å². The molecule has 3 N–H and O–H groups in total. The molecule has 3 aromatic rings. The van der Waals surface area contributed by atoms with Crippen molar-refractivity contribution >= 4 is 42.8 Å². The molecule has 3 rings (SSSR count). The number of furan rings is 1. The fourth-order valence-corrected chi connectivity index (χ4v) is 3.14. The number of hydrogen-bond acceptors (Lipinski definition) is 4. The summed E-state index contributed by atoms with van der Waals surface area (Å²) < 4.78 is 7.82. The Bertz CT molecular complexity index is 772. The number of nitrogens with one attached hydrogen (secondary N) is 1. The van der Waals surface area contributed by atoms with Crippen molar-refractivity contribution in [3.63, 3.8) is 0 Å². The minimum absolute atomic E-state index is 0.111. The molecule has 0 radical (unpaired) electrons. The number of aromatic nitrogens is 1. The summed E-state index contributed by atoms with van der Waals surface area (Å²) in [4.78, 5) is 4.17. The number of halogens is 2. The number of hydrazine groups is 1. The van der Waals surface area contributed by atoms with Crippen molar-refractivity contribution in [2.24, 2.45) is 5.84 Å². The zero-order valence-corrected chi connectivity index (χ0v) is 14.2. The Hall–Kier alpha value is -1.21. The minimum Gasteiger partial charge on any atom is -0.458 e. The fraction of sp³-hybridized carbons (Fsp3) is 0.133. The highest BCUT2D eigenvalue weighted by Gasteiger charge is 2.17. The molecular weight excluding hydrogens is 398 g/mol. The fourth-order valence-electron chi connectivity index (χ4n) is 2.26. The molecule has 0 aliphatic carbocycles. The first-order valence-electron chi connectivity index (χ1n) is 6.41. The van der Waals surface area contributed by atoms with Crippen molar-refractivity contribution in [3.8, 4) is 0 Å². The average Bonchev–Trinajstić information content (AvgIpc) is 2.90. The first-order chi connectivity index (χ1) is 10.2. The van der Waals surface area contributed by atoms with Crippen LogP contribution in [0, 0.1) is 0 Å². The first-order valence-corrected chi connectivity index (χ1v) is 7.99. The smallest absolute Gasteiger partial charge is 0.148 e. The number of fused-ring (bicyclic) bond motifs is 1. The lowest BCUT2D eigenvalue weighted by Gasteiger charge is -2.13. The van der Waals surface area contributed by atoms with Crippen LogP contribution in [0.25, 0.3) is 11.0 Å². The van der Waals surface area contributed by atoms with Crippen LogP contribution in [0.3, 0.4) is 0 Å². The summed E-state index contributed by atoms with van der Waals surface area (Å²) in [6, 6.07) is 9.88. The van der Waals surface area contributed by atoms with E-state index in [0.717, 1.165) is 31.2 Å². The van der Waals surface area contributed by atoms with Gasteiger partial charge in [0.1, 0.15) is 11.3 Å². The second kappa shape index (κ2) is 6.27. The topological polar surface area (TPSA) is 64.1 Å². The van der Waals surface area contributed by atoms with E-state index >= 15 is 0 Å². The van der Waals surface area contributed by atoms with Gasteiger partial charge in [-0.05, 0) is 62.0 Å². The van der Waals surface area contributed by atoms with E-state index in [9.17, 15) is 0 Å². The highest BCUT2D eigenvalue weighted by atomic mass is 79.9. The van der Waals surface area contributed by atoms with Gasteiger partial charge in [-0.25, -0.2) is 5.43 Å². The number of hydrogen-bond donors (Lipinski definition) is 2. The van der Waals surface area contributed by atoms with Crippen molar-refractivity contribution < 1.29 is 4.42 Å². The van der Waals surface area contributed by atoms with Gasteiger partial charge in [0.2, 0.25) is 0 Å². The Morgan fingerprint density at radius 3 is 2.81 bits per heavy atom. The number of para-hydroxylation sites is 1. The summed E-state index contributed by atoms with van der Waals surface area (Å²) in [7, 11) is 0. The predicted molar refractivity (Wildman–Crippen MR) is 89.6 cm³/mol. The van der Waals surface area contributed by atoms with Crippen molar-refractivity contribution in [1.82, 2.24) is 10.4 Å². The molecule has 0 saturated heterocycles. The molecule has 108 valence electrons. The summed E-state index contributed by atoms with van der Waals surface area (Å²) >= 11 is 6.92. The lowest BCUT2D eigenvalue weighted by atomic mass is 10.1. The molecule has 1 atom stereocenters. The van der Waals surface area contributed by atoms with Gasteiger partial charge in [0, 0.05) is 22.3 Å². The van der Waals surface area contributed by atoms with Gasteiger partial charge < -0.3 is 4.42 Å². The molecule has 1 unspecified atom stereocenters. The zero-order chi connectivity index (χ0) is 14.8. The van der Waals surface area contributed by atoms with Crippen LogP contribution >= 0.6 is 31.9 Å². The van der Waals surface area contributed by atoms with Crippen LogP contribution < -0.4 is 11.3 Å². The largest absolute Gasteiger partial charge is 0.458 e. The SMILES string of the molecule is NNC(Cc1cncc(Br)c1)c1cc2cccc(Br)c2o1.